The molecule has 4 aliphatic rings. The number of aliphatic hydroxyl groups is 1. The van der Waals surface area contributed by atoms with Crippen LogP contribution in [-0.4, -0.2) is 40.0 Å². The number of nitrogens with zero attached hydrogens (tertiary/aromatic N) is 2. The van der Waals surface area contributed by atoms with Gasteiger partial charge in [-0.05, 0) is 98.9 Å². The Bertz CT molecular complexity index is 764. The molecule has 0 aromatic carbocycles. The van der Waals surface area contributed by atoms with Gasteiger partial charge in [0.2, 0.25) is 0 Å². The zero-order valence-electron chi connectivity index (χ0n) is 18.6. The quantitative estimate of drug-likeness (QED) is 0.788. The average molecular weight is 415 g/mol. The molecule has 1 aromatic heterocycles. The van der Waals surface area contributed by atoms with Gasteiger partial charge in [-0.25, -0.2) is 0 Å². The highest BCUT2D eigenvalue weighted by atomic mass is 16.5. The van der Waals surface area contributed by atoms with Gasteiger partial charge in [0.15, 0.2) is 5.78 Å². The van der Waals surface area contributed by atoms with E-state index in [9.17, 15) is 9.90 Å². The predicted molar refractivity (Wildman–Crippen MR) is 115 cm³/mol. The van der Waals surface area contributed by atoms with Crippen LogP contribution < -0.4 is 0 Å². The third-order valence-corrected chi connectivity index (χ3v) is 9.78. The topological polar surface area (TPSA) is 64.3 Å². The molecule has 1 N–H and O–H groups in total. The van der Waals surface area contributed by atoms with Crippen LogP contribution in [0.3, 0.4) is 0 Å². The first-order valence-corrected chi connectivity index (χ1v) is 12.1. The number of methoxy groups -OCH3 is 1. The first-order valence-electron chi connectivity index (χ1n) is 12.1. The number of hydrogen-bond acceptors (Lipinski definition) is 4. The third-order valence-electron chi connectivity index (χ3n) is 9.78. The Morgan fingerprint density at radius 3 is 2.73 bits per heavy atom. The summed E-state index contributed by atoms with van der Waals surface area (Å²) < 4.78 is 7.11. The van der Waals surface area contributed by atoms with Gasteiger partial charge in [-0.3, -0.25) is 9.48 Å². The lowest BCUT2D eigenvalue weighted by atomic mass is 9.49. The Balaban J connectivity index is 1.29. The minimum atomic E-state index is -0.608. The molecular formula is C25H38N2O3. The minimum absolute atomic E-state index is 0.170. The first-order chi connectivity index (χ1) is 14.4. The number of ether oxygens (including phenoxy) is 1. The first kappa shape index (κ1) is 20.7. The standard InChI is InChI=1S/C25H38N2O3/c1-24-10-8-19-18-9-11-25(29,16-30-2)14-17(18)4-5-20(19)21(24)6-7-22(24)23(28)15-27-13-3-12-26-27/h3,12-13,17-22,29H,4-11,14-16H2,1-2H3/t17?,18?,19-,20?,21+,22-,24+,25-/m1/s1. The van der Waals surface area contributed by atoms with Crippen molar-refractivity contribution in [3.63, 3.8) is 0 Å². The summed E-state index contributed by atoms with van der Waals surface area (Å²) in [5, 5.41) is 15.2. The SMILES string of the molecule is COC[C@@]1(O)CCC2C(CCC3[C@@H]2CC[C@]2(C)[C@@H](C(=O)Cn4cccn4)CC[C@@H]32)C1. The van der Waals surface area contributed by atoms with Gasteiger partial charge in [-0.15, -0.1) is 0 Å². The normalized spacial score (nSPS) is 45.4. The molecule has 8 atom stereocenters. The highest BCUT2D eigenvalue weighted by Crippen LogP contribution is 2.64. The average Bonchev–Trinajstić information content (AvgIpc) is 3.34. The van der Waals surface area contributed by atoms with Crippen molar-refractivity contribution in [2.75, 3.05) is 13.7 Å². The number of rotatable bonds is 5. The molecule has 166 valence electrons. The second-order valence-corrected chi connectivity index (χ2v) is 11.2. The van der Waals surface area contributed by atoms with E-state index >= 15 is 0 Å². The fourth-order valence-electron chi connectivity index (χ4n) is 8.56. The monoisotopic (exact) mass is 414 g/mol. The molecular weight excluding hydrogens is 376 g/mol. The molecule has 30 heavy (non-hydrogen) atoms. The van der Waals surface area contributed by atoms with Crippen molar-refractivity contribution in [3.8, 4) is 0 Å². The van der Waals surface area contributed by atoms with Crippen LogP contribution in [0.2, 0.25) is 0 Å². The number of Topliss-reactive ketones (excluding diaryl/α,β-unsaturated/α-hetero) is 1. The maximum atomic E-state index is 13.2. The van der Waals surface area contributed by atoms with Crippen LogP contribution in [0.15, 0.2) is 18.5 Å². The number of carbonyl (C=O) groups is 1. The highest BCUT2D eigenvalue weighted by Gasteiger charge is 2.58. The molecule has 0 amide bonds. The summed E-state index contributed by atoms with van der Waals surface area (Å²) in [5.74, 6) is 4.28. The molecule has 0 aliphatic heterocycles. The van der Waals surface area contributed by atoms with Crippen molar-refractivity contribution in [1.82, 2.24) is 9.78 Å². The van der Waals surface area contributed by atoms with E-state index in [1.165, 1.54) is 32.1 Å². The fourth-order valence-corrected chi connectivity index (χ4v) is 8.56. The van der Waals surface area contributed by atoms with Crippen LogP contribution in [0.25, 0.3) is 0 Å². The lowest BCUT2D eigenvalue weighted by Crippen LogP contribution is -2.52. The van der Waals surface area contributed by atoms with E-state index in [-0.39, 0.29) is 11.3 Å². The molecule has 3 unspecified atom stereocenters. The molecule has 4 saturated carbocycles. The summed E-state index contributed by atoms with van der Waals surface area (Å²) in [6, 6.07) is 1.90. The number of ketones is 1. The highest BCUT2D eigenvalue weighted by molar-refractivity contribution is 5.82. The van der Waals surface area contributed by atoms with Gasteiger partial charge >= 0.3 is 0 Å². The molecule has 5 heteroatoms. The Morgan fingerprint density at radius 1 is 1.13 bits per heavy atom. The Kier molecular flexibility index (Phi) is 5.34. The number of fused-ring (bicyclic) bond motifs is 5. The van der Waals surface area contributed by atoms with Crippen molar-refractivity contribution < 1.29 is 14.6 Å². The molecule has 1 heterocycles. The molecule has 0 spiro atoms. The van der Waals surface area contributed by atoms with Crippen LogP contribution in [0.1, 0.15) is 64.7 Å². The number of aromatic nitrogens is 2. The summed E-state index contributed by atoms with van der Waals surface area (Å²) >= 11 is 0. The van der Waals surface area contributed by atoms with E-state index in [2.05, 4.69) is 12.0 Å². The lowest BCUT2D eigenvalue weighted by molar-refractivity contribution is -0.136. The second kappa shape index (κ2) is 7.74. The summed E-state index contributed by atoms with van der Waals surface area (Å²) in [7, 11) is 1.70. The van der Waals surface area contributed by atoms with E-state index in [1.54, 1.807) is 18.0 Å². The molecule has 4 aliphatic carbocycles. The molecule has 0 radical (unpaired) electrons. The van der Waals surface area contributed by atoms with E-state index in [4.69, 9.17) is 4.74 Å². The zero-order valence-corrected chi connectivity index (χ0v) is 18.6. The Labute approximate surface area is 180 Å². The van der Waals surface area contributed by atoms with Gasteiger partial charge in [-0.2, -0.15) is 5.10 Å². The van der Waals surface area contributed by atoms with Crippen LogP contribution in [0.5, 0.6) is 0 Å². The van der Waals surface area contributed by atoms with Crippen LogP contribution >= 0.6 is 0 Å². The van der Waals surface area contributed by atoms with Gasteiger partial charge in [0.1, 0.15) is 0 Å². The van der Waals surface area contributed by atoms with Crippen molar-refractivity contribution in [2.45, 2.75) is 76.9 Å². The van der Waals surface area contributed by atoms with Crippen LogP contribution in [0.4, 0.5) is 0 Å². The van der Waals surface area contributed by atoms with Gasteiger partial charge < -0.3 is 9.84 Å². The maximum absolute atomic E-state index is 13.2. The van der Waals surface area contributed by atoms with Gasteiger partial charge in [-0.1, -0.05) is 6.92 Å². The smallest absolute Gasteiger partial charge is 0.157 e. The molecule has 0 saturated heterocycles. The predicted octanol–water partition coefficient (Wildman–Crippen LogP) is 4.10. The van der Waals surface area contributed by atoms with Gasteiger partial charge in [0.05, 0.1) is 18.8 Å². The van der Waals surface area contributed by atoms with Crippen molar-refractivity contribution in [2.24, 2.45) is 40.9 Å². The van der Waals surface area contributed by atoms with Crippen LogP contribution in [-0.2, 0) is 16.1 Å². The Hall–Kier alpha value is -1.20. The van der Waals surface area contributed by atoms with E-state index in [1.807, 2.05) is 12.3 Å². The minimum Gasteiger partial charge on any atom is -0.387 e. The number of hydrogen-bond donors (Lipinski definition) is 1. The van der Waals surface area contributed by atoms with E-state index < -0.39 is 5.60 Å². The molecule has 5 nitrogen and oxygen atoms in total. The van der Waals surface area contributed by atoms with Crippen molar-refractivity contribution in [1.29, 1.82) is 0 Å². The summed E-state index contributed by atoms with van der Waals surface area (Å²) in [6.07, 6.45) is 13.9. The Morgan fingerprint density at radius 2 is 1.97 bits per heavy atom. The number of carbonyl (C=O) groups excluding carboxylic acids is 1. The largest absolute Gasteiger partial charge is 0.387 e. The molecule has 0 bridgehead atoms. The van der Waals surface area contributed by atoms with Crippen LogP contribution in [0, 0.1) is 40.9 Å². The maximum Gasteiger partial charge on any atom is 0.157 e. The summed E-state index contributed by atoms with van der Waals surface area (Å²) in [6.45, 7) is 3.33. The summed E-state index contributed by atoms with van der Waals surface area (Å²) in [5.41, 5.74) is -0.437. The zero-order chi connectivity index (χ0) is 20.9. The second-order valence-electron chi connectivity index (χ2n) is 11.2. The lowest BCUT2D eigenvalue weighted by Gasteiger charge is -2.57. The van der Waals surface area contributed by atoms with E-state index in [0.717, 1.165) is 43.4 Å². The van der Waals surface area contributed by atoms with Crippen molar-refractivity contribution >= 4 is 5.78 Å². The summed E-state index contributed by atoms with van der Waals surface area (Å²) in [4.78, 5) is 13.2. The molecule has 5 rings (SSSR count). The van der Waals surface area contributed by atoms with Gasteiger partial charge in [0.25, 0.3) is 0 Å². The fraction of sp³-hybridized carbons (Fsp3) is 0.840. The van der Waals surface area contributed by atoms with E-state index in [0.29, 0.717) is 30.8 Å². The molecule has 1 aromatic rings. The molecule has 4 fully saturated rings. The van der Waals surface area contributed by atoms with Gasteiger partial charge in [0, 0.05) is 25.4 Å². The van der Waals surface area contributed by atoms with Crippen molar-refractivity contribution in [3.05, 3.63) is 18.5 Å². The third kappa shape index (κ3) is 3.37.